The molecule has 0 saturated heterocycles. The molecule has 0 radical (unpaired) electrons. The summed E-state index contributed by atoms with van der Waals surface area (Å²) in [5.41, 5.74) is 1.29. The molecule has 1 N–H and O–H groups in total. The Hall–Kier alpha value is -0.960. The lowest BCUT2D eigenvalue weighted by Crippen LogP contribution is -2.42. The molecule has 0 heterocycles. The molecule has 2 fully saturated rings. The van der Waals surface area contributed by atoms with Crippen LogP contribution in [0.15, 0.2) is 30.3 Å². The Bertz CT molecular complexity index is 461. The van der Waals surface area contributed by atoms with E-state index in [1.165, 1.54) is 31.2 Å². The molecule has 2 bridgehead atoms. The number of nitrogens with one attached hydrogen (secondary N) is 1. The SMILES string of the molecule is CC(SCc1ccccc1)C(=O)NC1CC2CCC1C2. The van der Waals surface area contributed by atoms with E-state index in [1.807, 2.05) is 13.0 Å². The number of hydrogen-bond acceptors (Lipinski definition) is 2. The highest BCUT2D eigenvalue weighted by atomic mass is 32.2. The molecule has 1 aromatic rings. The quantitative estimate of drug-likeness (QED) is 0.897. The number of carbonyl (C=O) groups excluding carboxylic acids is 1. The first-order chi connectivity index (χ1) is 9.72. The molecular formula is C17H23NOS. The molecule has 108 valence electrons. The maximum Gasteiger partial charge on any atom is 0.233 e. The smallest absolute Gasteiger partial charge is 0.233 e. The van der Waals surface area contributed by atoms with Crippen LogP contribution >= 0.6 is 11.8 Å². The van der Waals surface area contributed by atoms with E-state index >= 15 is 0 Å². The van der Waals surface area contributed by atoms with Crippen molar-refractivity contribution in [2.24, 2.45) is 11.8 Å². The molecule has 4 atom stereocenters. The van der Waals surface area contributed by atoms with Crippen molar-refractivity contribution in [2.75, 3.05) is 0 Å². The van der Waals surface area contributed by atoms with Gasteiger partial charge in [-0.05, 0) is 43.6 Å². The minimum Gasteiger partial charge on any atom is -0.352 e. The Morgan fingerprint density at radius 1 is 1.30 bits per heavy atom. The van der Waals surface area contributed by atoms with E-state index in [9.17, 15) is 4.79 Å². The van der Waals surface area contributed by atoms with Gasteiger partial charge in [-0.15, -0.1) is 11.8 Å². The van der Waals surface area contributed by atoms with E-state index in [0.29, 0.717) is 6.04 Å². The van der Waals surface area contributed by atoms with Crippen molar-refractivity contribution >= 4 is 17.7 Å². The lowest BCUT2D eigenvalue weighted by molar-refractivity contribution is -0.121. The van der Waals surface area contributed by atoms with Gasteiger partial charge in [0.05, 0.1) is 5.25 Å². The zero-order valence-corrected chi connectivity index (χ0v) is 12.9. The van der Waals surface area contributed by atoms with Gasteiger partial charge in [0, 0.05) is 11.8 Å². The molecule has 2 nitrogen and oxygen atoms in total. The van der Waals surface area contributed by atoms with Gasteiger partial charge in [0.2, 0.25) is 5.91 Å². The molecule has 1 amide bonds. The van der Waals surface area contributed by atoms with Crippen LogP contribution in [-0.2, 0) is 10.5 Å². The Labute approximate surface area is 125 Å². The number of thioether (sulfide) groups is 1. The van der Waals surface area contributed by atoms with Gasteiger partial charge in [-0.25, -0.2) is 0 Å². The highest BCUT2D eigenvalue weighted by Crippen LogP contribution is 2.44. The third kappa shape index (κ3) is 3.20. The summed E-state index contributed by atoms with van der Waals surface area (Å²) < 4.78 is 0. The summed E-state index contributed by atoms with van der Waals surface area (Å²) in [6, 6.07) is 10.8. The zero-order chi connectivity index (χ0) is 13.9. The average Bonchev–Trinajstić information content (AvgIpc) is 3.08. The van der Waals surface area contributed by atoms with Crippen LogP contribution in [0.2, 0.25) is 0 Å². The molecule has 0 aromatic heterocycles. The van der Waals surface area contributed by atoms with Crippen LogP contribution in [-0.4, -0.2) is 17.2 Å². The summed E-state index contributed by atoms with van der Waals surface area (Å²) in [7, 11) is 0. The van der Waals surface area contributed by atoms with E-state index in [1.54, 1.807) is 11.8 Å². The van der Waals surface area contributed by atoms with Gasteiger partial charge in [0.15, 0.2) is 0 Å². The van der Waals surface area contributed by atoms with Gasteiger partial charge >= 0.3 is 0 Å². The van der Waals surface area contributed by atoms with Crippen molar-refractivity contribution in [1.82, 2.24) is 5.32 Å². The number of hydrogen-bond donors (Lipinski definition) is 1. The largest absolute Gasteiger partial charge is 0.352 e. The van der Waals surface area contributed by atoms with E-state index in [0.717, 1.165) is 17.6 Å². The Kier molecular flexibility index (Phi) is 4.35. The second-order valence-electron chi connectivity index (χ2n) is 6.23. The number of fused-ring (bicyclic) bond motifs is 2. The van der Waals surface area contributed by atoms with Gasteiger partial charge in [-0.2, -0.15) is 0 Å². The molecule has 3 heteroatoms. The Morgan fingerprint density at radius 3 is 2.75 bits per heavy atom. The van der Waals surface area contributed by atoms with Crippen LogP contribution in [0.25, 0.3) is 0 Å². The molecule has 0 aliphatic heterocycles. The summed E-state index contributed by atoms with van der Waals surface area (Å²) in [6.45, 7) is 2.02. The van der Waals surface area contributed by atoms with Crippen LogP contribution in [0.3, 0.4) is 0 Å². The highest BCUT2D eigenvalue weighted by Gasteiger charge is 2.40. The summed E-state index contributed by atoms with van der Waals surface area (Å²) in [6.07, 6.45) is 5.26. The molecule has 0 spiro atoms. The van der Waals surface area contributed by atoms with Gasteiger partial charge in [0.25, 0.3) is 0 Å². The normalized spacial score (nSPS) is 29.4. The maximum absolute atomic E-state index is 12.3. The maximum atomic E-state index is 12.3. The molecule has 1 aromatic carbocycles. The minimum absolute atomic E-state index is 0.0364. The predicted molar refractivity (Wildman–Crippen MR) is 84.6 cm³/mol. The van der Waals surface area contributed by atoms with Crippen molar-refractivity contribution in [3.8, 4) is 0 Å². The first kappa shape index (κ1) is 14.0. The molecule has 3 rings (SSSR count). The van der Waals surface area contributed by atoms with Gasteiger partial charge in [0.1, 0.15) is 0 Å². The Morgan fingerprint density at radius 2 is 2.10 bits per heavy atom. The standard InChI is InChI=1S/C17H23NOS/c1-12(20-11-13-5-3-2-4-6-13)17(19)18-16-10-14-7-8-15(16)9-14/h2-6,12,14-16H,7-11H2,1H3,(H,18,19). The topological polar surface area (TPSA) is 29.1 Å². The summed E-state index contributed by atoms with van der Waals surface area (Å²) in [5, 5.41) is 3.32. The second kappa shape index (κ2) is 6.21. The van der Waals surface area contributed by atoms with Gasteiger partial charge < -0.3 is 5.32 Å². The second-order valence-corrected chi connectivity index (χ2v) is 7.56. The van der Waals surface area contributed by atoms with Crippen LogP contribution in [0.5, 0.6) is 0 Å². The highest BCUT2D eigenvalue weighted by molar-refractivity contribution is 7.99. The van der Waals surface area contributed by atoms with Crippen molar-refractivity contribution < 1.29 is 4.79 Å². The van der Waals surface area contributed by atoms with Crippen molar-refractivity contribution in [3.63, 3.8) is 0 Å². The summed E-state index contributed by atoms with van der Waals surface area (Å²) in [5.74, 6) is 2.78. The predicted octanol–water partition coefficient (Wildman–Crippen LogP) is 3.61. The van der Waals surface area contributed by atoms with Crippen molar-refractivity contribution in [2.45, 2.75) is 49.7 Å². The number of carbonyl (C=O) groups is 1. The monoisotopic (exact) mass is 289 g/mol. The van der Waals surface area contributed by atoms with Crippen LogP contribution in [0, 0.1) is 11.8 Å². The lowest BCUT2D eigenvalue weighted by atomic mass is 9.95. The molecule has 2 saturated carbocycles. The molecule has 2 aliphatic carbocycles. The average molecular weight is 289 g/mol. The fraction of sp³-hybridized carbons (Fsp3) is 0.588. The van der Waals surface area contributed by atoms with Gasteiger partial charge in [-0.1, -0.05) is 36.8 Å². The fourth-order valence-corrected chi connectivity index (χ4v) is 4.45. The Balaban J connectivity index is 1.45. The van der Waals surface area contributed by atoms with Gasteiger partial charge in [-0.3, -0.25) is 4.79 Å². The zero-order valence-electron chi connectivity index (χ0n) is 12.0. The third-order valence-corrected chi connectivity index (χ3v) is 5.99. The van der Waals surface area contributed by atoms with Crippen molar-refractivity contribution in [3.05, 3.63) is 35.9 Å². The summed E-state index contributed by atoms with van der Waals surface area (Å²) in [4.78, 5) is 12.3. The van der Waals surface area contributed by atoms with E-state index in [2.05, 4.69) is 29.6 Å². The van der Waals surface area contributed by atoms with Crippen molar-refractivity contribution in [1.29, 1.82) is 0 Å². The first-order valence-electron chi connectivity index (χ1n) is 7.68. The van der Waals surface area contributed by atoms with Crippen LogP contribution < -0.4 is 5.32 Å². The summed E-state index contributed by atoms with van der Waals surface area (Å²) >= 11 is 1.73. The van der Waals surface area contributed by atoms with E-state index in [-0.39, 0.29) is 11.2 Å². The van der Waals surface area contributed by atoms with Crippen LogP contribution in [0.4, 0.5) is 0 Å². The number of amides is 1. The minimum atomic E-state index is 0.0364. The lowest BCUT2D eigenvalue weighted by Gasteiger charge is -2.24. The first-order valence-corrected chi connectivity index (χ1v) is 8.73. The fourth-order valence-electron chi connectivity index (χ4n) is 3.59. The molecule has 4 unspecified atom stereocenters. The molecular weight excluding hydrogens is 266 g/mol. The number of benzene rings is 1. The third-order valence-electron chi connectivity index (χ3n) is 4.78. The number of rotatable bonds is 5. The van der Waals surface area contributed by atoms with E-state index < -0.39 is 0 Å². The molecule has 2 aliphatic rings. The molecule has 20 heavy (non-hydrogen) atoms. The van der Waals surface area contributed by atoms with Crippen LogP contribution in [0.1, 0.15) is 38.2 Å². The van der Waals surface area contributed by atoms with E-state index in [4.69, 9.17) is 0 Å².